The first-order valence-electron chi connectivity index (χ1n) is 6.03. The van der Waals surface area contributed by atoms with Crippen molar-refractivity contribution >= 4 is 11.6 Å². The Morgan fingerprint density at radius 3 is 2.47 bits per heavy atom. The molecule has 0 N–H and O–H groups in total. The van der Waals surface area contributed by atoms with Crippen molar-refractivity contribution in [1.29, 1.82) is 0 Å². The largest absolute Gasteiger partial charge is 0.342 e. The van der Waals surface area contributed by atoms with Crippen LogP contribution in [0.3, 0.4) is 0 Å². The summed E-state index contributed by atoms with van der Waals surface area (Å²) in [6, 6.07) is 1.21. The summed E-state index contributed by atoms with van der Waals surface area (Å²) in [5, 5.41) is 10.7. The van der Waals surface area contributed by atoms with Gasteiger partial charge >= 0.3 is 0 Å². The molecule has 0 spiro atoms. The van der Waals surface area contributed by atoms with Crippen LogP contribution in [0.5, 0.6) is 0 Å². The number of carbonyl (C=O) groups excluding carboxylic acids is 1. The van der Waals surface area contributed by atoms with Gasteiger partial charge in [-0.25, -0.2) is 0 Å². The summed E-state index contributed by atoms with van der Waals surface area (Å²) < 4.78 is 1.09. The minimum atomic E-state index is -0.579. The number of nitrogens with zero attached hydrogens (tertiary/aromatic N) is 3. The van der Waals surface area contributed by atoms with Crippen LogP contribution in [-0.2, 0) is 11.3 Å². The molecule has 0 fully saturated rings. The van der Waals surface area contributed by atoms with E-state index in [1.54, 1.807) is 4.90 Å². The maximum absolute atomic E-state index is 11.9. The molecular formula is C12H17N3O4. The molecule has 0 saturated heterocycles. The van der Waals surface area contributed by atoms with E-state index >= 15 is 0 Å². The lowest BCUT2D eigenvalue weighted by atomic mass is 10.3. The molecule has 0 saturated carbocycles. The number of carbonyl (C=O) groups is 1. The number of hydrogen-bond acceptors (Lipinski definition) is 4. The molecule has 1 aromatic rings. The summed E-state index contributed by atoms with van der Waals surface area (Å²) in [5.41, 5.74) is -0.322. The predicted molar refractivity (Wildman–Crippen MR) is 70.0 cm³/mol. The van der Waals surface area contributed by atoms with Crippen molar-refractivity contribution < 1.29 is 9.72 Å². The molecule has 19 heavy (non-hydrogen) atoms. The molecule has 0 bridgehead atoms. The van der Waals surface area contributed by atoms with E-state index in [-0.39, 0.29) is 29.3 Å². The molecule has 0 radical (unpaired) electrons. The molecule has 7 nitrogen and oxygen atoms in total. The van der Waals surface area contributed by atoms with E-state index < -0.39 is 4.92 Å². The van der Waals surface area contributed by atoms with Crippen LogP contribution in [0, 0.1) is 17.0 Å². The monoisotopic (exact) mass is 267 g/mol. The van der Waals surface area contributed by atoms with Crippen molar-refractivity contribution in [2.24, 2.45) is 0 Å². The lowest BCUT2D eigenvalue weighted by molar-refractivity contribution is -0.385. The van der Waals surface area contributed by atoms with Gasteiger partial charge in [0.2, 0.25) is 5.91 Å². The van der Waals surface area contributed by atoms with Gasteiger partial charge in [-0.3, -0.25) is 24.3 Å². The van der Waals surface area contributed by atoms with E-state index in [9.17, 15) is 19.7 Å². The number of pyridine rings is 1. The minimum absolute atomic E-state index is 0.178. The van der Waals surface area contributed by atoms with E-state index in [1.165, 1.54) is 13.0 Å². The van der Waals surface area contributed by atoms with Crippen molar-refractivity contribution in [2.45, 2.75) is 27.3 Å². The second-order valence-electron chi connectivity index (χ2n) is 4.14. The SMILES string of the molecule is CCN(CC)C(=O)Cn1cc([N+](=O)[O-])cc(C)c1=O. The Hall–Kier alpha value is -2.18. The first-order chi connectivity index (χ1) is 8.90. The van der Waals surface area contributed by atoms with Crippen molar-refractivity contribution in [3.05, 3.63) is 38.3 Å². The number of rotatable bonds is 5. The Labute approximate surface area is 110 Å². The van der Waals surface area contributed by atoms with Gasteiger partial charge in [-0.1, -0.05) is 0 Å². The summed E-state index contributed by atoms with van der Waals surface area (Å²) in [6.07, 6.45) is 1.11. The zero-order chi connectivity index (χ0) is 14.6. The van der Waals surface area contributed by atoms with Gasteiger partial charge in [-0.2, -0.15) is 0 Å². The molecule has 0 atom stereocenters. The van der Waals surface area contributed by atoms with Gasteiger partial charge in [0.05, 0.1) is 11.1 Å². The summed E-state index contributed by atoms with van der Waals surface area (Å²) in [7, 11) is 0. The molecular weight excluding hydrogens is 250 g/mol. The molecule has 1 heterocycles. The van der Waals surface area contributed by atoms with Crippen molar-refractivity contribution in [3.8, 4) is 0 Å². The summed E-state index contributed by atoms with van der Waals surface area (Å²) in [6.45, 7) is 6.07. The first-order valence-corrected chi connectivity index (χ1v) is 6.03. The Balaban J connectivity index is 3.10. The third-order valence-corrected chi connectivity index (χ3v) is 2.88. The van der Waals surface area contributed by atoms with Crippen molar-refractivity contribution in [2.75, 3.05) is 13.1 Å². The highest BCUT2D eigenvalue weighted by atomic mass is 16.6. The lowest BCUT2D eigenvalue weighted by Gasteiger charge is -2.19. The van der Waals surface area contributed by atoms with E-state index in [0.29, 0.717) is 13.1 Å². The minimum Gasteiger partial charge on any atom is -0.342 e. The molecule has 7 heteroatoms. The maximum atomic E-state index is 11.9. The fourth-order valence-corrected chi connectivity index (χ4v) is 1.80. The Bertz CT molecular complexity index is 546. The first kappa shape index (κ1) is 14.9. The highest BCUT2D eigenvalue weighted by molar-refractivity contribution is 5.76. The molecule has 1 amide bonds. The molecule has 0 aliphatic heterocycles. The average Bonchev–Trinajstić information content (AvgIpc) is 2.35. The van der Waals surface area contributed by atoms with Gasteiger partial charge in [0, 0.05) is 24.7 Å². The molecule has 0 aliphatic carbocycles. The topological polar surface area (TPSA) is 85.4 Å². The zero-order valence-electron chi connectivity index (χ0n) is 11.3. The highest BCUT2D eigenvalue weighted by Crippen LogP contribution is 2.09. The van der Waals surface area contributed by atoms with Crippen LogP contribution in [0.4, 0.5) is 5.69 Å². The molecule has 1 aromatic heterocycles. The van der Waals surface area contributed by atoms with Gasteiger partial charge in [-0.05, 0) is 20.8 Å². The zero-order valence-corrected chi connectivity index (χ0v) is 11.3. The number of aromatic nitrogens is 1. The fraction of sp³-hybridized carbons (Fsp3) is 0.500. The fourth-order valence-electron chi connectivity index (χ4n) is 1.80. The van der Waals surface area contributed by atoms with E-state index in [0.717, 1.165) is 10.8 Å². The second-order valence-corrected chi connectivity index (χ2v) is 4.14. The molecule has 104 valence electrons. The number of likely N-dealkylation sites (N-methyl/N-ethyl adjacent to an activating group) is 1. The van der Waals surface area contributed by atoms with E-state index in [2.05, 4.69) is 0 Å². The standard InChI is InChI=1S/C12H17N3O4/c1-4-13(5-2)11(16)8-14-7-10(15(18)19)6-9(3)12(14)17/h6-7H,4-5,8H2,1-3H3. The number of hydrogen-bond donors (Lipinski definition) is 0. The molecule has 1 rings (SSSR count). The van der Waals surface area contributed by atoms with Gasteiger partial charge in [0.1, 0.15) is 6.54 Å². The van der Waals surface area contributed by atoms with Crippen molar-refractivity contribution in [3.63, 3.8) is 0 Å². The second kappa shape index (κ2) is 6.12. The normalized spacial score (nSPS) is 10.3. The molecule has 0 aromatic carbocycles. The van der Waals surface area contributed by atoms with Crippen LogP contribution in [0.25, 0.3) is 0 Å². The Kier molecular flexibility index (Phi) is 4.80. The van der Waals surface area contributed by atoms with Gasteiger partial charge in [0.15, 0.2) is 0 Å². The number of aryl methyl sites for hydroxylation is 1. The summed E-state index contributed by atoms with van der Waals surface area (Å²) >= 11 is 0. The van der Waals surface area contributed by atoms with Gasteiger partial charge < -0.3 is 4.90 Å². The summed E-state index contributed by atoms with van der Waals surface area (Å²) in [5.74, 6) is -0.230. The van der Waals surface area contributed by atoms with Crippen LogP contribution in [-0.4, -0.2) is 33.4 Å². The van der Waals surface area contributed by atoms with Crippen LogP contribution in [0.2, 0.25) is 0 Å². The Morgan fingerprint density at radius 1 is 1.42 bits per heavy atom. The number of nitro groups is 1. The Morgan fingerprint density at radius 2 is 2.00 bits per heavy atom. The third-order valence-electron chi connectivity index (χ3n) is 2.88. The lowest BCUT2D eigenvalue weighted by Crippen LogP contribution is -2.36. The number of amides is 1. The average molecular weight is 267 g/mol. The van der Waals surface area contributed by atoms with Gasteiger partial charge in [-0.15, -0.1) is 0 Å². The van der Waals surface area contributed by atoms with Crippen molar-refractivity contribution in [1.82, 2.24) is 9.47 Å². The van der Waals surface area contributed by atoms with Gasteiger partial charge in [0.25, 0.3) is 11.2 Å². The van der Waals surface area contributed by atoms with Crippen LogP contribution < -0.4 is 5.56 Å². The highest BCUT2D eigenvalue weighted by Gasteiger charge is 2.15. The van der Waals surface area contributed by atoms with Crippen LogP contribution in [0.1, 0.15) is 19.4 Å². The maximum Gasteiger partial charge on any atom is 0.286 e. The summed E-state index contributed by atoms with van der Waals surface area (Å²) in [4.78, 5) is 35.5. The molecule has 0 aliphatic rings. The van der Waals surface area contributed by atoms with Crippen LogP contribution in [0.15, 0.2) is 17.1 Å². The van der Waals surface area contributed by atoms with E-state index in [1.807, 2.05) is 13.8 Å². The predicted octanol–water partition coefficient (Wildman–Crippen LogP) is 0.933. The quantitative estimate of drug-likeness (QED) is 0.586. The molecule has 0 unspecified atom stereocenters. The van der Waals surface area contributed by atoms with Crippen LogP contribution >= 0.6 is 0 Å². The van der Waals surface area contributed by atoms with E-state index in [4.69, 9.17) is 0 Å². The smallest absolute Gasteiger partial charge is 0.286 e. The third kappa shape index (κ3) is 3.40.